The molecule has 0 spiro atoms. The van der Waals surface area contributed by atoms with Gasteiger partial charge in [0.25, 0.3) is 0 Å². The maximum Gasteiger partial charge on any atom is 0.246 e. The third kappa shape index (κ3) is 3.69. The highest BCUT2D eigenvalue weighted by atomic mass is 16.5. The van der Waals surface area contributed by atoms with Crippen molar-refractivity contribution in [1.82, 2.24) is 4.90 Å². The SMILES string of the molecule is CC1CN(C(=O)/C=C/c2ccc(C#N)cc2)CC(C)O1. The van der Waals surface area contributed by atoms with E-state index in [1.165, 1.54) is 0 Å². The fourth-order valence-electron chi connectivity index (χ4n) is 2.30. The molecule has 4 heteroatoms. The summed E-state index contributed by atoms with van der Waals surface area (Å²) in [5.74, 6) is -0.00337. The molecule has 2 rings (SSSR count). The number of nitrogens with zero attached hydrogens (tertiary/aromatic N) is 2. The highest BCUT2D eigenvalue weighted by molar-refractivity contribution is 5.91. The van der Waals surface area contributed by atoms with Crippen molar-refractivity contribution >= 4 is 12.0 Å². The Balaban J connectivity index is 1.99. The van der Waals surface area contributed by atoms with Gasteiger partial charge in [0.15, 0.2) is 0 Å². The van der Waals surface area contributed by atoms with Gasteiger partial charge in [-0.05, 0) is 37.6 Å². The van der Waals surface area contributed by atoms with Crippen LogP contribution in [-0.2, 0) is 9.53 Å². The van der Waals surface area contributed by atoms with Gasteiger partial charge in [0.1, 0.15) is 0 Å². The summed E-state index contributed by atoms with van der Waals surface area (Å²) < 4.78 is 5.61. The first-order valence-corrected chi connectivity index (χ1v) is 6.71. The number of carbonyl (C=O) groups is 1. The number of nitriles is 1. The molecule has 1 saturated heterocycles. The third-order valence-corrected chi connectivity index (χ3v) is 3.19. The van der Waals surface area contributed by atoms with Crippen LogP contribution in [0.25, 0.3) is 6.08 Å². The molecule has 0 aromatic heterocycles. The minimum Gasteiger partial charge on any atom is -0.372 e. The zero-order valence-corrected chi connectivity index (χ0v) is 11.7. The molecule has 1 aliphatic heterocycles. The molecule has 0 saturated carbocycles. The van der Waals surface area contributed by atoms with Gasteiger partial charge in [-0.2, -0.15) is 5.26 Å². The highest BCUT2D eigenvalue weighted by Gasteiger charge is 2.24. The van der Waals surface area contributed by atoms with Crippen molar-refractivity contribution in [2.45, 2.75) is 26.1 Å². The van der Waals surface area contributed by atoms with Crippen molar-refractivity contribution in [3.8, 4) is 6.07 Å². The molecule has 1 aromatic rings. The molecule has 20 heavy (non-hydrogen) atoms. The van der Waals surface area contributed by atoms with E-state index in [0.29, 0.717) is 18.7 Å². The maximum atomic E-state index is 12.1. The average Bonchev–Trinajstić information content (AvgIpc) is 2.44. The number of ether oxygens (including phenoxy) is 1. The first-order valence-electron chi connectivity index (χ1n) is 6.71. The van der Waals surface area contributed by atoms with Crippen LogP contribution in [0.1, 0.15) is 25.0 Å². The first-order chi connectivity index (χ1) is 9.58. The van der Waals surface area contributed by atoms with Gasteiger partial charge in [-0.25, -0.2) is 0 Å². The topological polar surface area (TPSA) is 53.3 Å². The van der Waals surface area contributed by atoms with E-state index in [2.05, 4.69) is 6.07 Å². The van der Waals surface area contributed by atoms with Gasteiger partial charge in [0.2, 0.25) is 5.91 Å². The molecule has 104 valence electrons. The second-order valence-corrected chi connectivity index (χ2v) is 5.07. The molecule has 0 bridgehead atoms. The molecule has 1 fully saturated rings. The molecule has 1 aromatic carbocycles. The Morgan fingerprint density at radius 2 is 1.90 bits per heavy atom. The number of hydrogen-bond acceptors (Lipinski definition) is 3. The lowest BCUT2D eigenvalue weighted by atomic mass is 10.1. The Hall–Kier alpha value is -2.12. The maximum absolute atomic E-state index is 12.1. The minimum absolute atomic E-state index is 0.00337. The van der Waals surface area contributed by atoms with Crippen LogP contribution in [0, 0.1) is 11.3 Å². The second-order valence-electron chi connectivity index (χ2n) is 5.07. The summed E-state index contributed by atoms with van der Waals surface area (Å²) in [4.78, 5) is 13.9. The van der Waals surface area contributed by atoms with Gasteiger partial charge in [0.05, 0.1) is 23.8 Å². The third-order valence-electron chi connectivity index (χ3n) is 3.19. The fraction of sp³-hybridized carbons (Fsp3) is 0.375. The summed E-state index contributed by atoms with van der Waals surface area (Å²) in [5, 5.41) is 8.73. The number of carbonyl (C=O) groups excluding carboxylic acids is 1. The summed E-state index contributed by atoms with van der Waals surface area (Å²) in [5.41, 5.74) is 1.52. The number of amides is 1. The van der Waals surface area contributed by atoms with Crippen molar-refractivity contribution in [3.63, 3.8) is 0 Å². The minimum atomic E-state index is -0.00337. The molecular weight excluding hydrogens is 252 g/mol. The average molecular weight is 270 g/mol. The Morgan fingerprint density at radius 1 is 1.30 bits per heavy atom. The van der Waals surface area contributed by atoms with Crippen LogP contribution in [-0.4, -0.2) is 36.1 Å². The van der Waals surface area contributed by atoms with E-state index < -0.39 is 0 Å². The van der Waals surface area contributed by atoms with E-state index in [1.807, 2.05) is 26.0 Å². The zero-order valence-electron chi connectivity index (χ0n) is 11.7. The van der Waals surface area contributed by atoms with Crippen molar-refractivity contribution in [2.75, 3.05) is 13.1 Å². The van der Waals surface area contributed by atoms with Crippen LogP contribution in [0.3, 0.4) is 0 Å². The van der Waals surface area contributed by atoms with Crippen molar-refractivity contribution < 1.29 is 9.53 Å². The summed E-state index contributed by atoms with van der Waals surface area (Å²) >= 11 is 0. The van der Waals surface area contributed by atoms with Gasteiger partial charge in [-0.1, -0.05) is 12.1 Å². The van der Waals surface area contributed by atoms with Crippen LogP contribution in [0.4, 0.5) is 0 Å². The van der Waals surface area contributed by atoms with Gasteiger partial charge in [-0.3, -0.25) is 4.79 Å². The largest absolute Gasteiger partial charge is 0.372 e. The fourth-order valence-corrected chi connectivity index (χ4v) is 2.30. The molecule has 1 aliphatic rings. The lowest BCUT2D eigenvalue weighted by Crippen LogP contribution is -2.47. The molecule has 0 N–H and O–H groups in total. The van der Waals surface area contributed by atoms with Gasteiger partial charge in [0, 0.05) is 19.2 Å². The van der Waals surface area contributed by atoms with Crippen LogP contribution in [0.15, 0.2) is 30.3 Å². The smallest absolute Gasteiger partial charge is 0.246 e. The van der Waals surface area contributed by atoms with Gasteiger partial charge in [-0.15, -0.1) is 0 Å². The van der Waals surface area contributed by atoms with E-state index in [0.717, 1.165) is 5.56 Å². The van der Waals surface area contributed by atoms with Crippen LogP contribution >= 0.6 is 0 Å². The van der Waals surface area contributed by atoms with Crippen LogP contribution < -0.4 is 0 Å². The molecular formula is C16H18N2O2. The van der Waals surface area contributed by atoms with Crippen molar-refractivity contribution in [2.24, 2.45) is 0 Å². The summed E-state index contributed by atoms with van der Waals surface area (Å²) in [6.45, 7) is 5.20. The summed E-state index contributed by atoms with van der Waals surface area (Å²) in [6.07, 6.45) is 3.50. The lowest BCUT2D eigenvalue weighted by molar-refractivity contribution is -0.137. The van der Waals surface area contributed by atoms with E-state index in [-0.39, 0.29) is 18.1 Å². The quantitative estimate of drug-likeness (QED) is 0.774. The lowest BCUT2D eigenvalue weighted by Gasteiger charge is -2.34. The van der Waals surface area contributed by atoms with Crippen LogP contribution in [0.2, 0.25) is 0 Å². The molecule has 0 aliphatic carbocycles. The predicted molar refractivity (Wildman–Crippen MR) is 76.8 cm³/mol. The van der Waals surface area contributed by atoms with Crippen molar-refractivity contribution in [3.05, 3.63) is 41.5 Å². The normalized spacial score (nSPS) is 22.8. The van der Waals surface area contributed by atoms with Crippen molar-refractivity contribution in [1.29, 1.82) is 5.26 Å². The van der Waals surface area contributed by atoms with E-state index >= 15 is 0 Å². The Bertz CT molecular complexity index is 533. The number of rotatable bonds is 2. The van der Waals surface area contributed by atoms with E-state index in [4.69, 9.17) is 10.00 Å². The molecule has 4 nitrogen and oxygen atoms in total. The number of hydrogen-bond donors (Lipinski definition) is 0. The number of morpholine rings is 1. The Kier molecular flexibility index (Phi) is 4.54. The predicted octanol–water partition coefficient (Wildman–Crippen LogP) is 2.21. The molecule has 1 heterocycles. The highest BCUT2D eigenvalue weighted by Crippen LogP contribution is 2.12. The second kappa shape index (κ2) is 6.36. The van der Waals surface area contributed by atoms with Gasteiger partial charge < -0.3 is 9.64 Å². The van der Waals surface area contributed by atoms with E-state index in [9.17, 15) is 4.79 Å². The summed E-state index contributed by atoms with van der Waals surface area (Å²) in [7, 11) is 0. The summed E-state index contributed by atoms with van der Waals surface area (Å²) in [6, 6.07) is 9.20. The molecule has 2 unspecified atom stereocenters. The van der Waals surface area contributed by atoms with E-state index in [1.54, 1.807) is 29.2 Å². The Morgan fingerprint density at radius 3 is 2.45 bits per heavy atom. The first kappa shape index (κ1) is 14.3. The molecule has 0 radical (unpaired) electrons. The van der Waals surface area contributed by atoms with Crippen LogP contribution in [0.5, 0.6) is 0 Å². The molecule has 2 atom stereocenters. The monoisotopic (exact) mass is 270 g/mol. The number of benzene rings is 1. The Labute approximate surface area is 119 Å². The standard InChI is InChI=1S/C16H18N2O2/c1-12-10-18(11-13(2)20-12)16(19)8-7-14-3-5-15(9-17)6-4-14/h3-8,12-13H,10-11H2,1-2H3/b8-7+. The van der Waals surface area contributed by atoms with Gasteiger partial charge >= 0.3 is 0 Å². The molecule has 1 amide bonds. The zero-order chi connectivity index (χ0) is 14.5.